The molecular weight excluding hydrogens is 419 g/mol. The van der Waals surface area contributed by atoms with Gasteiger partial charge in [0.25, 0.3) is 5.91 Å². The molecule has 9 heteroatoms. The van der Waals surface area contributed by atoms with Crippen molar-refractivity contribution in [3.63, 3.8) is 0 Å². The number of ketones is 1. The molecule has 170 valence electrons. The van der Waals surface area contributed by atoms with Gasteiger partial charge in [0, 0.05) is 24.3 Å². The Kier molecular flexibility index (Phi) is 7.07. The van der Waals surface area contributed by atoms with Crippen molar-refractivity contribution in [2.24, 2.45) is 5.92 Å². The Hall–Kier alpha value is -3.49. The summed E-state index contributed by atoms with van der Waals surface area (Å²) in [5.41, 5.74) is 1.74. The first-order valence-corrected chi connectivity index (χ1v) is 10.2. The van der Waals surface area contributed by atoms with Crippen LogP contribution in [0.5, 0.6) is 0 Å². The second kappa shape index (κ2) is 9.76. The number of ether oxygens (including phenoxy) is 2. The number of hydrogen-bond acceptors (Lipinski definition) is 6. The highest BCUT2D eigenvalue weighted by molar-refractivity contribution is 6.02. The number of rotatable bonds is 6. The van der Waals surface area contributed by atoms with Gasteiger partial charge in [0.15, 0.2) is 6.61 Å². The van der Waals surface area contributed by atoms with Crippen molar-refractivity contribution in [3.05, 3.63) is 58.2 Å². The summed E-state index contributed by atoms with van der Waals surface area (Å²) in [5, 5.41) is 0. The second-order valence-electron chi connectivity index (χ2n) is 7.74. The van der Waals surface area contributed by atoms with Crippen LogP contribution in [0.2, 0.25) is 0 Å². The molecule has 2 aromatic rings. The second-order valence-corrected chi connectivity index (χ2v) is 7.74. The zero-order valence-corrected chi connectivity index (χ0v) is 18.2. The molecule has 0 spiro atoms. The Labute approximate surface area is 184 Å². The molecule has 0 radical (unpaired) electrons. The lowest BCUT2D eigenvalue weighted by atomic mass is 9.97. The third-order valence-electron chi connectivity index (χ3n) is 5.58. The molecule has 1 N–H and O–H groups in total. The van der Waals surface area contributed by atoms with Gasteiger partial charge in [-0.15, -0.1) is 0 Å². The summed E-state index contributed by atoms with van der Waals surface area (Å²) in [7, 11) is 1.26. The molecular formula is C23H25FN2O6. The first kappa shape index (κ1) is 23.2. The SMILES string of the molecule is COC(=O)c1c(C)[nH]c(C(=O)COC(=O)C2CCCN(C(=O)c3ccc(F)cc3)C2)c1C. The number of benzene rings is 1. The topological polar surface area (TPSA) is 106 Å². The van der Waals surface area contributed by atoms with Gasteiger partial charge in [-0.1, -0.05) is 0 Å². The molecule has 1 unspecified atom stereocenters. The monoisotopic (exact) mass is 444 g/mol. The molecule has 8 nitrogen and oxygen atoms in total. The number of carbonyl (C=O) groups excluding carboxylic acids is 4. The minimum Gasteiger partial charge on any atom is -0.465 e. The average molecular weight is 444 g/mol. The zero-order valence-electron chi connectivity index (χ0n) is 18.2. The molecule has 1 amide bonds. The molecule has 0 aliphatic carbocycles. The van der Waals surface area contributed by atoms with Crippen molar-refractivity contribution in [1.29, 1.82) is 0 Å². The van der Waals surface area contributed by atoms with Crippen LogP contribution in [0.3, 0.4) is 0 Å². The molecule has 1 aliphatic heterocycles. The number of carbonyl (C=O) groups is 4. The standard InChI is InChI=1S/C23H25FN2O6/c1-13-19(23(30)31-3)14(2)25-20(13)18(27)12-32-22(29)16-5-4-10-26(11-16)21(28)15-6-8-17(24)9-7-15/h6-9,16,25H,4-5,10-12H2,1-3H3. The highest BCUT2D eigenvalue weighted by Crippen LogP contribution is 2.22. The largest absolute Gasteiger partial charge is 0.465 e. The number of H-pyrrole nitrogens is 1. The Morgan fingerprint density at radius 2 is 1.84 bits per heavy atom. The van der Waals surface area contributed by atoms with Crippen LogP contribution in [-0.2, 0) is 14.3 Å². The summed E-state index contributed by atoms with van der Waals surface area (Å²) >= 11 is 0. The number of likely N-dealkylation sites (tertiary alicyclic amines) is 1. The van der Waals surface area contributed by atoms with Crippen molar-refractivity contribution in [1.82, 2.24) is 9.88 Å². The number of amides is 1. The Balaban J connectivity index is 1.60. The van der Waals surface area contributed by atoms with Gasteiger partial charge in [-0.3, -0.25) is 14.4 Å². The molecule has 1 atom stereocenters. The van der Waals surface area contributed by atoms with E-state index in [0.717, 1.165) is 0 Å². The van der Waals surface area contributed by atoms with E-state index in [1.54, 1.807) is 13.8 Å². The van der Waals surface area contributed by atoms with E-state index in [-0.39, 0.29) is 23.7 Å². The van der Waals surface area contributed by atoms with Crippen molar-refractivity contribution < 1.29 is 33.0 Å². The summed E-state index contributed by atoms with van der Waals surface area (Å²) in [6.07, 6.45) is 1.14. The maximum Gasteiger partial charge on any atom is 0.339 e. The summed E-state index contributed by atoms with van der Waals surface area (Å²) in [4.78, 5) is 54.0. The number of esters is 2. The van der Waals surface area contributed by atoms with Crippen LogP contribution >= 0.6 is 0 Å². The number of piperidine rings is 1. The predicted octanol–water partition coefficient (Wildman–Crippen LogP) is 2.84. The third-order valence-corrected chi connectivity index (χ3v) is 5.58. The Morgan fingerprint density at radius 3 is 2.50 bits per heavy atom. The van der Waals surface area contributed by atoms with Crippen LogP contribution in [0, 0.1) is 25.6 Å². The van der Waals surface area contributed by atoms with Crippen LogP contribution in [0.4, 0.5) is 4.39 Å². The fourth-order valence-electron chi connectivity index (χ4n) is 3.89. The maximum absolute atomic E-state index is 13.1. The molecule has 1 aromatic carbocycles. The number of nitrogens with zero attached hydrogens (tertiary/aromatic N) is 1. The minimum absolute atomic E-state index is 0.163. The van der Waals surface area contributed by atoms with E-state index in [1.807, 2.05) is 0 Å². The molecule has 3 rings (SSSR count). The minimum atomic E-state index is -0.566. The first-order chi connectivity index (χ1) is 15.2. The molecule has 0 saturated carbocycles. The summed E-state index contributed by atoms with van der Waals surface area (Å²) < 4.78 is 23.1. The molecule has 2 heterocycles. The van der Waals surface area contributed by atoms with Crippen LogP contribution in [0.25, 0.3) is 0 Å². The van der Waals surface area contributed by atoms with Gasteiger partial charge < -0.3 is 19.4 Å². The van der Waals surface area contributed by atoms with E-state index >= 15 is 0 Å². The van der Waals surface area contributed by atoms with Gasteiger partial charge in [-0.05, 0) is 56.5 Å². The van der Waals surface area contributed by atoms with E-state index in [2.05, 4.69) is 4.98 Å². The van der Waals surface area contributed by atoms with Gasteiger partial charge in [0.2, 0.25) is 5.78 Å². The third kappa shape index (κ3) is 4.87. The number of halogens is 1. The average Bonchev–Trinajstić information content (AvgIpc) is 3.10. The highest BCUT2D eigenvalue weighted by atomic mass is 19.1. The van der Waals surface area contributed by atoms with Crippen molar-refractivity contribution in [2.45, 2.75) is 26.7 Å². The fourth-order valence-corrected chi connectivity index (χ4v) is 3.89. The lowest BCUT2D eigenvalue weighted by Gasteiger charge is -2.31. The van der Waals surface area contributed by atoms with E-state index < -0.39 is 36.1 Å². The number of aromatic amines is 1. The van der Waals surface area contributed by atoms with Gasteiger partial charge in [0.1, 0.15) is 5.82 Å². The van der Waals surface area contributed by atoms with Crippen molar-refractivity contribution in [3.8, 4) is 0 Å². The first-order valence-electron chi connectivity index (χ1n) is 10.2. The van der Waals surface area contributed by atoms with Gasteiger partial charge in [-0.2, -0.15) is 0 Å². The number of nitrogens with one attached hydrogen (secondary N) is 1. The van der Waals surface area contributed by atoms with Crippen LogP contribution in [0.1, 0.15) is 55.3 Å². The van der Waals surface area contributed by atoms with E-state index in [0.29, 0.717) is 36.2 Å². The van der Waals surface area contributed by atoms with Gasteiger partial charge >= 0.3 is 11.9 Å². The molecule has 0 bridgehead atoms. The van der Waals surface area contributed by atoms with E-state index in [9.17, 15) is 23.6 Å². The fraction of sp³-hybridized carbons (Fsp3) is 0.391. The van der Waals surface area contributed by atoms with Gasteiger partial charge in [-0.25, -0.2) is 9.18 Å². The molecule has 1 saturated heterocycles. The lowest BCUT2D eigenvalue weighted by molar-refractivity contribution is -0.148. The van der Waals surface area contributed by atoms with E-state index in [1.165, 1.54) is 36.3 Å². The summed E-state index contributed by atoms with van der Waals surface area (Å²) in [6.45, 7) is 3.43. The number of hydrogen-bond donors (Lipinski definition) is 1. The molecule has 1 fully saturated rings. The van der Waals surface area contributed by atoms with Crippen LogP contribution < -0.4 is 0 Å². The number of Topliss-reactive ketones (excluding diaryl/α,β-unsaturated/α-hetero) is 1. The number of aryl methyl sites for hydroxylation is 1. The van der Waals surface area contributed by atoms with Crippen LogP contribution in [-0.4, -0.2) is 60.3 Å². The zero-order chi connectivity index (χ0) is 23.4. The summed E-state index contributed by atoms with van der Waals surface area (Å²) in [5.74, 6) is -2.87. The number of methoxy groups -OCH3 is 1. The number of aromatic nitrogens is 1. The molecule has 32 heavy (non-hydrogen) atoms. The van der Waals surface area contributed by atoms with Crippen molar-refractivity contribution >= 4 is 23.6 Å². The predicted molar refractivity (Wildman–Crippen MR) is 112 cm³/mol. The van der Waals surface area contributed by atoms with Crippen LogP contribution in [0.15, 0.2) is 24.3 Å². The maximum atomic E-state index is 13.1. The molecule has 1 aliphatic rings. The normalized spacial score (nSPS) is 15.9. The quantitative estimate of drug-likeness (QED) is 0.543. The van der Waals surface area contributed by atoms with Crippen molar-refractivity contribution in [2.75, 3.05) is 26.8 Å². The Morgan fingerprint density at radius 1 is 1.16 bits per heavy atom. The molecule has 1 aromatic heterocycles. The lowest BCUT2D eigenvalue weighted by Crippen LogP contribution is -2.43. The highest BCUT2D eigenvalue weighted by Gasteiger charge is 2.31. The van der Waals surface area contributed by atoms with Gasteiger partial charge in [0.05, 0.1) is 24.3 Å². The van der Waals surface area contributed by atoms with E-state index in [4.69, 9.17) is 9.47 Å². The smallest absolute Gasteiger partial charge is 0.339 e. The Bertz CT molecular complexity index is 1040. The summed E-state index contributed by atoms with van der Waals surface area (Å²) in [6, 6.07) is 5.23.